The zero-order chi connectivity index (χ0) is 20.0. The van der Waals surface area contributed by atoms with Crippen LogP contribution in [-0.4, -0.2) is 34.2 Å². The highest BCUT2D eigenvalue weighted by molar-refractivity contribution is 7.99. The molecule has 1 aromatic heterocycles. The molecule has 0 spiro atoms. The lowest BCUT2D eigenvalue weighted by atomic mass is 10.0. The Morgan fingerprint density at radius 3 is 2.89 bits per heavy atom. The number of anilines is 1. The minimum absolute atomic E-state index is 0.0160. The van der Waals surface area contributed by atoms with Crippen molar-refractivity contribution in [3.8, 4) is 5.75 Å². The van der Waals surface area contributed by atoms with Gasteiger partial charge in [0.25, 0.3) is 5.91 Å². The summed E-state index contributed by atoms with van der Waals surface area (Å²) < 4.78 is 15.4. The summed E-state index contributed by atoms with van der Waals surface area (Å²) in [5, 5.41) is 11.6. The van der Waals surface area contributed by atoms with Gasteiger partial charge in [-0.25, -0.2) is 4.39 Å². The molecule has 0 unspecified atom stereocenters. The lowest BCUT2D eigenvalue weighted by molar-refractivity contribution is 0.0764. The topological polar surface area (TPSA) is 56.7 Å². The molecule has 0 bridgehead atoms. The standard InChI is InChI=1S/C20H17ClFN3O2S/c1-24(28-2)18-12-4-3-7-23-17(12)19(26)16-13(18)10-25(20(16)27)9-11-5-6-15(22)14(21)8-11/h3-8,26H,9-10H2,1-2H3. The number of hydrogen-bond donors (Lipinski definition) is 1. The summed E-state index contributed by atoms with van der Waals surface area (Å²) in [4.78, 5) is 19.0. The predicted octanol–water partition coefficient (Wildman–Crippen LogP) is 4.60. The van der Waals surface area contributed by atoms with Gasteiger partial charge in [0.05, 0.1) is 16.3 Å². The van der Waals surface area contributed by atoms with Crippen molar-refractivity contribution >= 4 is 46.0 Å². The van der Waals surface area contributed by atoms with Crippen LogP contribution in [-0.2, 0) is 13.1 Å². The van der Waals surface area contributed by atoms with E-state index >= 15 is 0 Å². The number of carbonyl (C=O) groups excluding carboxylic acids is 1. The van der Waals surface area contributed by atoms with Crippen LogP contribution in [0.1, 0.15) is 21.5 Å². The van der Waals surface area contributed by atoms with Crippen molar-refractivity contribution in [2.75, 3.05) is 17.6 Å². The fraction of sp³-hybridized carbons (Fsp3) is 0.200. The van der Waals surface area contributed by atoms with Gasteiger partial charge in [-0.2, -0.15) is 0 Å². The predicted molar refractivity (Wildman–Crippen MR) is 110 cm³/mol. The average molecular weight is 418 g/mol. The van der Waals surface area contributed by atoms with E-state index in [0.717, 1.165) is 22.2 Å². The number of amides is 1. The van der Waals surface area contributed by atoms with Crippen molar-refractivity contribution in [3.05, 3.63) is 64.1 Å². The van der Waals surface area contributed by atoms with Gasteiger partial charge in [0.15, 0.2) is 5.75 Å². The fourth-order valence-electron chi connectivity index (χ4n) is 3.57. The van der Waals surface area contributed by atoms with Gasteiger partial charge in [0.1, 0.15) is 11.3 Å². The Balaban J connectivity index is 1.82. The first-order chi connectivity index (χ1) is 13.4. The molecule has 0 fully saturated rings. The molecule has 3 aromatic rings. The first-order valence-electron chi connectivity index (χ1n) is 8.56. The smallest absolute Gasteiger partial charge is 0.258 e. The molecule has 5 nitrogen and oxygen atoms in total. The molecule has 0 saturated carbocycles. The SMILES string of the molecule is CSN(C)c1c2c(c(O)c3ncccc13)C(=O)N(Cc1ccc(F)c(Cl)c1)C2. The van der Waals surface area contributed by atoms with E-state index in [9.17, 15) is 14.3 Å². The Bertz CT molecular complexity index is 1110. The third-order valence-electron chi connectivity index (χ3n) is 4.91. The third kappa shape index (κ3) is 2.95. The van der Waals surface area contributed by atoms with Crippen LogP contribution in [0, 0.1) is 5.82 Å². The minimum atomic E-state index is -0.500. The summed E-state index contributed by atoms with van der Waals surface area (Å²) in [6.07, 6.45) is 3.53. The second-order valence-electron chi connectivity index (χ2n) is 6.54. The van der Waals surface area contributed by atoms with Gasteiger partial charge in [0, 0.05) is 43.5 Å². The zero-order valence-electron chi connectivity index (χ0n) is 15.2. The normalized spacial score (nSPS) is 13.3. The molecule has 4 rings (SSSR count). The van der Waals surface area contributed by atoms with Crippen LogP contribution in [0.2, 0.25) is 5.02 Å². The van der Waals surface area contributed by atoms with E-state index < -0.39 is 5.82 Å². The lowest BCUT2D eigenvalue weighted by Gasteiger charge is -2.21. The number of aromatic nitrogens is 1. The highest BCUT2D eigenvalue weighted by atomic mass is 35.5. The number of phenols is 1. The molecule has 144 valence electrons. The van der Waals surface area contributed by atoms with Crippen molar-refractivity contribution in [3.63, 3.8) is 0 Å². The highest BCUT2D eigenvalue weighted by Gasteiger charge is 2.35. The number of nitrogens with zero attached hydrogens (tertiary/aromatic N) is 3. The summed E-state index contributed by atoms with van der Waals surface area (Å²) in [6.45, 7) is 0.598. The molecule has 1 amide bonds. The summed E-state index contributed by atoms with van der Waals surface area (Å²) in [5.41, 5.74) is 3.01. The van der Waals surface area contributed by atoms with Gasteiger partial charge in [0.2, 0.25) is 0 Å². The summed E-state index contributed by atoms with van der Waals surface area (Å²) in [5.74, 6) is -0.884. The molecule has 1 N–H and O–H groups in total. The van der Waals surface area contributed by atoms with E-state index in [2.05, 4.69) is 4.98 Å². The first-order valence-corrected chi connectivity index (χ1v) is 10.1. The number of halogens is 2. The molecule has 8 heteroatoms. The molecule has 2 heterocycles. The number of carbonyl (C=O) groups is 1. The van der Waals surface area contributed by atoms with Crippen LogP contribution in [0.4, 0.5) is 10.1 Å². The number of fused-ring (bicyclic) bond motifs is 2. The quantitative estimate of drug-likeness (QED) is 0.628. The van der Waals surface area contributed by atoms with Crippen LogP contribution >= 0.6 is 23.5 Å². The van der Waals surface area contributed by atoms with Gasteiger partial charge < -0.3 is 14.3 Å². The van der Waals surface area contributed by atoms with Gasteiger partial charge in [-0.15, -0.1) is 0 Å². The minimum Gasteiger partial charge on any atom is -0.505 e. The third-order valence-corrected chi connectivity index (χ3v) is 5.93. The summed E-state index contributed by atoms with van der Waals surface area (Å²) in [7, 11) is 1.91. The van der Waals surface area contributed by atoms with E-state index in [-0.39, 0.29) is 28.8 Å². The van der Waals surface area contributed by atoms with Crippen LogP contribution < -0.4 is 4.31 Å². The largest absolute Gasteiger partial charge is 0.505 e. The van der Waals surface area contributed by atoms with Crippen molar-refractivity contribution in [1.82, 2.24) is 9.88 Å². The van der Waals surface area contributed by atoms with Crippen LogP contribution in [0.5, 0.6) is 5.75 Å². The van der Waals surface area contributed by atoms with Crippen molar-refractivity contribution in [2.45, 2.75) is 13.1 Å². The molecule has 1 aliphatic rings. The van der Waals surface area contributed by atoms with E-state index in [0.29, 0.717) is 12.1 Å². The van der Waals surface area contributed by atoms with Gasteiger partial charge in [-0.05, 0) is 29.8 Å². The maximum Gasteiger partial charge on any atom is 0.258 e. The van der Waals surface area contributed by atoms with E-state index in [1.54, 1.807) is 23.2 Å². The first kappa shape index (κ1) is 18.8. The molecule has 28 heavy (non-hydrogen) atoms. The Kier molecular flexibility index (Phi) is 4.81. The van der Waals surface area contributed by atoms with Crippen molar-refractivity contribution in [1.29, 1.82) is 0 Å². The Morgan fingerprint density at radius 1 is 1.39 bits per heavy atom. The van der Waals surface area contributed by atoms with E-state index in [1.807, 2.05) is 23.7 Å². The number of aromatic hydroxyl groups is 1. The van der Waals surface area contributed by atoms with E-state index in [1.165, 1.54) is 24.1 Å². The Morgan fingerprint density at radius 2 is 2.18 bits per heavy atom. The van der Waals surface area contributed by atoms with E-state index in [4.69, 9.17) is 11.6 Å². The van der Waals surface area contributed by atoms with Gasteiger partial charge in [-0.3, -0.25) is 9.78 Å². The second kappa shape index (κ2) is 7.14. The molecule has 2 aromatic carbocycles. The second-order valence-corrected chi connectivity index (χ2v) is 7.86. The highest BCUT2D eigenvalue weighted by Crippen LogP contribution is 2.45. The summed E-state index contributed by atoms with van der Waals surface area (Å²) >= 11 is 7.38. The van der Waals surface area contributed by atoms with Gasteiger partial charge in [-0.1, -0.05) is 29.6 Å². The summed E-state index contributed by atoms with van der Waals surface area (Å²) in [6, 6.07) is 8.09. The zero-order valence-corrected chi connectivity index (χ0v) is 16.8. The van der Waals surface area contributed by atoms with Crippen LogP contribution in [0.3, 0.4) is 0 Å². The Hall–Kier alpha value is -2.51. The van der Waals surface area contributed by atoms with Crippen LogP contribution in [0.15, 0.2) is 36.5 Å². The van der Waals surface area contributed by atoms with Gasteiger partial charge >= 0.3 is 0 Å². The molecule has 1 aliphatic heterocycles. The number of hydrogen-bond acceptors (Lipinski definition) is 5. The Labute approximate surface area is 170 Å². The molecular weight excluding hydrogens is 401 g/mol. The maximum atomic E-state index is 13.4. The molecule has 0 radical (unpaired) electrons. The molecule has 0 aliphatic carbocycles. The molecular formula is C20H17ClFN3O2S. The van der Waals surface area contributed by atoms with Crippen molar-refractivity contribution in [2.24, 2.45) is 0 Å². The number of phenolic OH excluding ortho intramolecular Hbond substituents is 1. The van der Waals surface area contributed by atoms with Crippen molar-refractivity contribution < 1.29 is 14.3 Å². The monoisotopic (exact) mass is 417 g/mol. The number of pyridine rings is 1. The molecule has 0 atom stereocenters. The lowest BCUT2D eigenvalue weighted by Crippen LogP contribution is -2.23. The fourth-order valence-corrected chi connectivity index (χ4v) is 4.16. The molecule has 0 saturated heterocycles. The van der Waals surface area contributed by atoms with Crippen LogP contribution in [0.25, 0.3) is 10.9 Å². The maximum absolute atomic E-state index is 13.4. The average Bonchev–Trinajstić information content (AvgIpc) is 3.01. The number of benzene rings is 2. The number of rotatable bonds is 4.